The highest BCUT2D eigenvalue weighted by atomic mass is 35.5. The third-order valence-electron chi connectivity index (χ3n) is 4.02. The summed E-state index contributed by atoms with van der Waals surface area (Å²) in [5.41, 5.74) is 2.32. The molecule has 0 aliphatic heterocycles. The van der Waals surface area contributed by atoms with Gasteiger partial charge in [0.2, 0.25) is 5.95 Å². The lowest BCUT2D eigenvalue weighted by molar-refractivity contribution is 0.132. The van der Waals surface area contributed by atoms with Crippen LogP contribution in [0.5, 0.6) is 11.5 Å². The van der Waals surface area contributed by atoms with E-state index >= 15 is 0 Å². The first kappa shape index (κ1) is 23.2. The Hall–Kier alpha value is -3.05. The number of methoxy groups -OCH3 is 2. The zero-order valence-electron chi connectivity index (χ0n) is 16.9. The van der Waals surface area contributed by atoms with E-state index in [9.17, 15) is 0 Å². The summed E-state index contributed by atoms with van der Waals surface area (Å²) in [6.45, 7) is 1.76. The third-order valence-corrected chi connectivity index (χ3v) is 4.02. The summed E-state index contributed by atoms with van der Waals surface area (Å²) in [4.78, 5) is 8.97. The molecular formula is C22H24ClN3O4. The van der Waals surface area contributed by atoms with Crippen molar-refractivity contribution in [3.05, 3.63) is 48.2 Å². The molecule has 0 fully saturated rings. The molecule has 3 rings (SSSR count). The molecule has 0 bridgehead atoms. The highest BCUT2D eigenvalue weighted by molar-refractivity contribution is 5.85. The second kappa shape index (κ2) is 11.8. The van der Waals surface area contributed by atoms with E-state index in [1.165, 1.54) is 0 Å². The minimum absolute atomic E-state index is 0. The zero-order valence-corrected chi connectivity index (χ0v) is 17.7. The lowest BCUT2D eigenvalue weighted by atomic mass is 10.2. The van der Waals surface area contributed by atoms with Crippen LogP contribution in [0.25, 0.3) is 10.9 Å². The number of rotatable bonds is 10. The van der Waals surface area contributed by atoms with Gasteiger partial charge in [0, 0.05) is 43.1 Å². The molecule has 0 unspecified atom stereocenters. The Bertz CT molecular complexity index is 1010. The molecule has 2 aromatic carbocycles. The first-order chi connectivity index (χ1) is 14.2. The van der Waals surface area contributed by atoms with Crippen LogP contribution in [0.2, 0.25) is 0 Å². The molecule has 1 heterocycles. The molecular weight excluding hydrogens is 406 g/mol. The fourth-order valence-electron chi connectivity index (χ4n) is 2.61. The number of nitrogens with one attached hydrogen (secondary N) is 1. The standard InChI is InChI=1S/C22H23N3O4.ClH/c1-4-16-6-5-7-18(12-16)24-22-23-15-17-13-20(28-10-8-26-2)21(14-19(17)25-22)29-11-9-27-3;/h1,5-7,12-15H,8-11H2,2-3H3,(H,23,24,25);1H. The van der Waals surface area contributed by atoms with Crippen LogP contribution in [-0.4, -0.2) is 50.6 Å². The van der Waals surface area contributed by atoms with Crippen molar-refractivity contribution >= 4 is 34.9 Å². The summed E-state index contributed by atoms with van der Waals surface area (Å²) in [7, 11) is 3.25. The lowest BCUT2D eigenvalue weighted by Gasteiger charge is -2.14. The summed E-state index contributed by atoms with van der Waals surface area (Å²) in [6.07, 6.45) is 7.19. The molecule has 0 spiro atoms. The predicted molar refractivity (Wildman–Crippen MR) is 119 cm³/mol. The molecule has 158 valence electrons. The number of fused-ring (bicyclic) bond motifs is 1. The molecule has 0 saturated heterocycles. The normalized spacial score (nSPS) is 10.2. The van der Waals surface area contributed by atoms with Crippen LogP contribution < -0.4 is 14.8 Å². The fourth-order valence-corrected chi connectivity index (χ4v) is 2.61. The molecule has 0 atom stereocenters. The summed E-state index contributed by atoms with van der Waals surface area (Å²) in [5.74, 6) is 4.27. The zero-order chi connectivity index (χ0) is 20.5. The summed E-state index contributed by atoms with van der Waals surface area (Å²) >= 11 is 0. The second-order valence-electron chi connectivity index (χ2n) is 6.08. The van der Waals surface area contributed by atoms with Gasteiger partial charge in [-0.3, -0.25) is 0 Å². The Morgan fingerprint density at radius 3 is 2.33 bits per heavy atom. The molecule has 1 aromatic heterocycles. The molecule has 7 nitrogen and oxygen atoms in total. The van der Waals surface area contributed by atoms with E-state index in [2.05, 4.69) is 21.2 Å². The molecule has 8 heteroatoms. The van der Waals surface area contributed by atoms with Crippen LogP contribution in [-0.2, 0) is 9.47 Å². The van der Waals surface area contributed by atoms with Gasteiger partial charge in [-0.2, -0.15) is 0 Å². The number of aromatic nitrogens is 2. The summed E-state index contributed by atoms with van der Waals surface area (Å²) in [6, 6.07) is 11.2. The average molecular weight is 430 g/mol. The molecule has 30 heavy (non-hydrogen) atoms. The Kier molecular flexibility index (Phi) is 9.16. The van der Waals surface area contributed by atoms with Crippen molar-refractivity contribution in [1.29, 1.82) is 0 Å². The van der Waals surface area contributed by atoms with Gasteiger partial charge in [0.15, 0.2) is 11.5 Å². The van der Waals surface area contributed by atoms with Crippen LogP contribution in [0, 0.1) is 12.3 Å². The van der Waals surface area contributed by atoms with Gasteiger partial charge in [0.25, 0.3) is 0 Å². The summed E-state index contributed by atoms with van der Waals surface area (Å²) in [5, 5.41) is 4.01. The number of hydrogen-bond acceptors (Lipinski definition) is 7. The third kappa shape index (κ3) is 6.22. The Balaban J connectivity index is 0.00000320. The van der Waals surface area contributed by atoms with E-state index in [1.54, 1.807) is 20.4 Å². The highest BCUT2D eigenvalue weighted by Gasteiger charge is 2.11. The van der Waals surface area contributed by atoms with Crippen molar-refractivity contribution in [2.75, 3.05) is 46.0 Å². The number of ether oxygens (including phenoxy) is 4. The lowest BCUT2D eigenvalue weighted by Crippen LogP contribution is -2.09. The molecule has 0 amide bonds. The number of halogens is 1. The topological polar surface area (TPSA) is 74.7 Å². The number of anilines is 2. The van der Waals surface area contributed by atoms with Crippen LogP contribution in [0.15, 0.2) is 42.6 Å². The van der Waals surface area contributed by atoms with Crippen molar-refractivity contribution < 1.29 is 18.9 Å². The van der Waals surface area contributed by atoms with Crippen LogP contribution >= 0.6 is 12.4 Å². The van der Waals surface area contributed by atoms with E-state index in [4.69, 9.17) is 25.4 Å². The largest absolute Gasteiger partial charge is 0.487 e. The van der Waals surface area contributed by atoms with Gasteiger partial charge in [-0.1, -0.05) is 12.0 Å². The first-order valence-corrected chi connectivity index (χ1v) is 9.11. The van der Waals surface area contributed by atoms with Gasteiger partial charge in [-0.25, -0.2) is 9.97 Å². The van der Waals surface area contributed by atoms with Crippen LogP contribution in [0.3, 0.4) is 0 Å². The van der Waals surface area contributed by atoms with Crippen molar-refractivity contribution in [2.45, 2.75) is 0 Å². The van der Waals surface area contributed by atoms with Gasteiger partial charge >= 0.3 is 0 Å². The second-order valence-corrected chi connectivity index (χ2v) is 6.08. The maximum absolute atomic E-state index is 5.81. The smallest absolute Gasteiger partial charge is 0.227 e. The molecule has 0 saturated carbocycles. The van der Waals surface area contributed by atoms with E-state index in [0.717, 1.165) is 22.2 Å². The Morgan fingerprint density at radius 2 is 1.67 bits per heavy atom. The highest BCUT2D eigenvalue weighted by Crippen LogP contribution is 2.32. The van der Waals surface area contributed by atoms with Crippen LogP contribution in [0.4, 0.5) is 11.6 Å². The van der Waals surface area contributed by atoms with E-state index in [0.29, 0.717) is 43.9 Å². The average Bonchev–Trinajstić information content (AvgIpc) is 2.74. The van der Waals surface area contributed by atoms with Gasteiger partial charge in [0.1, 0.15) is 13.2 Å². The summed E-state index contributed by atoms with van der Waals surface area (Å²) < 4.78 is 21.7. The molecule has 0 aliphatic carbocycles. The van der Waals surface area contributed by atoms with Gasteiger partial charge in [-0.15, -0.1) is 18.8 Å². The van der Waals surface area contributed by atoms with Crippen molar-refractivity contribution in [2.24, 2.45) is 0 Å². The molecule has 1 N–H and O–H groups in total. The van der Waals surface area contributed by atoms with E-state index < -0.39 is 0 Å². The number of nitrogens with zero attached hydrogens (tertiary/aromatic N) is 2. The van der Waals surface area contributed by atoms with Gasteiger partial charge in [-0.05, 0) is 24.3 Å². The number of terminal acetylenes is 1. The first-order valence-electron chi connectivity index (χ1n) is 9.11. The predicted octanol–water partition coefficient (Wildman–Crippen LogP) is 3.83. The maximum atomic E-state index is 5.81. The quantitative estimate of drug-likeness (QED) is 0.387. The maximum Gasteiger partial charge on any atom is 0.227 e. The monoisotopic (exact) mass is 429 g/mol. The SMILES string of the molecule is C#Cc1cccc(Nc2ncc3cc(OCCOC)c(OCCOC)cc3n2)c1.Cl. The minimum atomic E-state index is 0. The Labute approximate surface area is 182 Å². The van der Waals surface area contributed by atoms with Gasteiger partial charge < -0.3 is 24.3 Å². The van der Waals surface area contributed by atoms with E-state index in [-0.39, 0.29) is 12.4 Å². The van der Waals surface area contributed by atoms with E-state index in [1.807, 2.05) is 36.4 Å². The fraction of sp³-hybridized carbons (Fsp3) is 0.273. The molecule has 0 aliphatic rings. The van der Waals surface area contributed by atoms with Crippen LogP contribution in [0.1, 0.15) is 5.56 Å². The Morgan fingerprint density at radius 1 is 0.967 bits per heavy atom. The molecule has 0 radical (unpaired) electrons. The van der Waals surface area contributed by atoms with Gasteiger partial charge in [0.05, 0.1) is 18.7 Å². The van der Waals surface area contributed by atoms with Crippen molar-refractivity contribution in [3.63, 3.8) is 0 Å². The minimum Gasteiger partial charge on any atom is -0.487 e. The number of hydrogen-bond donors (Lipinski definition) is 1. The van der Waals surface area contributed by atoms with Crippen molar-refractivity contribution in [3.8, 4) is 23.8 Å². The van der Waals surface area contributed by atoms with Crippen molar-refractivity contribution in [1.82, 2.24) is 9.97 Å². The molecule has 3 aromatic rings. The number of benzene rings is 2.